The van der Waals surface area contributed by atoms with Gasteiger partial charge in [-0.25, -0.2) is 14.6 Å². The number of carbonyl (C=O) groups is 2. The summed E-state index contributed by atoms with van der Waals surface area (Å²) in [6.07, 6.45) is 2.14. The van der Waals surface area contributed by atoms with E-state index in [-0.39, 0.29) is 18.1 Å². The maximum Gasteiger partial charge on any atom is 0.414 e. The molecule has 154 valence electrons. The Kier molecular flexibility index (Phi) is 6.17. The van der Waals surface area contributed by atoms with Gasteiger partial charge in [0.2, 0.25) is 0 Å². The van der Waals surface area contributed by atoms with Gasteiger partial charge in [0, 0.05) is 25.6 Å². The molecular weight excluding hydrogens is 388 g/mol. The fraction of sp³-hybridized carbons (Fsp3) is 0.136. The lowest BCUT2D eigenvalue weighted by atomic mass is 10.2. The zero-order valence-corrected chi connectivity index (χ0v) is 16.4. The summed E-state index contributed by atoms with van der Waals surface area (Å²) >= 11 is 0. The Morgan fingerprint density at radius 1 is 1.07 bits per heavy atom. The Hall–Kier alpha value is -4.07. The molecule has 0 aliphatic rings. The number of rotatable bonds is 5. The molecule has 0 spiro atoms. The van der Waals surface area contributed by atoms with Crippen LogP contribution in [0.2, 0.25) is 0 Å². The maximum atomic E-state index is 12.0. The Morgan fingerprint density at radius 3 is 2.60 bits per heavy atom. The molecule has 1 amide bonds. The number of ether oxygens (including phenoxy) is 2. The molecule has 8 heteroatoms. The van der Waals surface area contributed by atoms with Gasteiger partial charge in [-0.3, -0.25) is 0 Å². The van der Waals surface area contributed by atoms with Crippen LogP contribution in [0.5, 0.6) is 17.2 Å². The van der Waals surface area contributed by atoms with Crippen molar-refractivity contribution in [3.8, 4) is 17.2 Å². The summed E-state index contributed by atoms with van der Waals surface area (Å²) in [5.41, 5.74) is 1.50. The van der Waals surface area contributed by atoms with Crippen LogP contribution < -0.4 is 4.74 Å². The molecule has 8 nitrogen and oxygen atoms in total. The van der Waals surface area contributed by atoms with E-state index in [9.17, 15) is 19.8 Å². The Bertz CT molecular complexity index is 1120. The fourth-order valence-electron chi connectivity index (χ4n) is 2.51. The number of aromatic hydroxyl groups is 2. The molecule has 0 bridgehead atoms. The van der Waals surface area contributed by atoms with Crippen LogP contribution in [-0.4, -0.2) is 46.3 Å². The first-order valence-electron chi connectivity index (χ1n) is 8.98. The van der Waals surface area contributed by atoms with Crippen molar-refractivity contribution in [2.75, 3.05) is 14.1 Å². The average Bonchev–Trinajstić information content (AvgIpc) is 2.73. The van der Waals surface area contributed by atoms with Gasteiger partial charge in [-0.1, -0.05) is 24.3 Å². The third-order valence-corrected chi connectivity index (χ3v) is 4.08. The highest BCUT2D eigenvalue weighted by atomic mass is 16.6. The number of aromatic nitrogens is 1. The van der Waals surface area contributed by atoms with Crippen molar-refractivity contribution < 1.29 is 29.3 Å². The van der Waals surface area contributed by atoms with E-state index in [2.05, 4.69) is 4.98 Å². The van der Waals surface area contributed by atoms with Gasteiger partial charge in [0.15, 0.2) is 17.2 Å². The van der Waals surface area contributed by atoms with E-state index in [4.69, 9.17) is 9.47 Å². The van der Waals surface area contributed by atoms with E-state index in [0.717, 1.165) is 5.39 Å². The van der Waals surface area contributed by atoms with E-state index >= 15 is 0 Å². The summed E-state index contributed by atoms with van der Waals surface area (Å²) in [5, 5.41) is 19.5. The molecule has 0 saturated heterocycles. The number of hydrogen-bond donors (Lipinski definition) is 2. The summed E-state index contributed by atoms with van der Waals surface area (Å²) in [4.78, 5) is 29.6. The first kappa shape index (κ1) is 20.7. The molecule has 0 saturated carbocycles. The first-order chi connectivity index (χ1) is 14.3. The molecule has 0 atom stereocenters. The van der Waals surface area contributed by atoms with Crippen molar-refractivity contribution in [3.05, 3.63) is 65.9 Å². The van der Waals surface area contributed by atoms with Gasteiger partial charge in [-0.05, 0) is 35.9 Å². The van der Waals surface area contributed by atoms with Crippen molar-refractivity contribution >= 4 is 29.0 Å². The van der Waals surface area contributed by atoms with Crippen LogP contribution in [-0.2, 0) is 16.1 Å². The third kappa shape index (κ3) is 5.05. The van der Waals surface area contributed by atoms with Crippen LogP contribution in [0.3, 0.4) is 0 Å². The van der Waals surface area contributed by atoms with Crippen molar-refractivity contribution in [2.45, 2.75) is 6.61 Å². The Morgan fingerprint density at radius 2 is 1.87 bits per heavy atom. The highest BCUT2D eigenvalue weighted by molar-refractivity contribution is 5.88. The quantitative estimate of drug-likeness (QED) is 0.378. The van der Waals surface area contributed by atoms with Gasteiger partial charge in [0.1, 0.15) is 12.1 Å². The normalized spacial score (nSPS) is 10.9. The number of carbonyl (C=O) groups excluding carboxylic acids is 2. The molecule has 0 fully saturated rings. The molecule has 30 heavy (non-hydrogen) atoms. The van der Waals surface area contributed by atoms with Crippen molar-refractivity contribution in [1.82, 2.24) is 9.88 Å². The second kappa shape index (κ2) is 8.95. The molecule has 0 aliphatic carbocycles. The molecular formula is C22H20N2O6. The monoisotopic (exact) mass is 408 g/mol. The van der Waals surface area contributed by atoms with E-state index in [1.165, 1.54) is 29.2 Å². The zero-order chi connectivity index (χ0) is 21.7. The van der Waals surface area contributed by atoms with Gasteiger partial charge < -0.3 is 24.6 Å². The standard InChI is InChI=1S/C22H20N2O6/c1-24(2)22(28)30-19-5-3-4-15-8-9-16(23-21(15)19)13-29-20(27)11-7-14-6-10-17(25)18(26)12-14/h3-12,25-26H,13H2,1-2H3/b11-7+. The predicted molar refractivity (Wildman–Crippen MR) is 110 cm³/mol. The van der Waals surface area contributed by atoms with E-state index < -0.39 is 12.1 Å². The lowest BCUT2D eigenvalue weighted by Crippen LogP contribution is -2.25. The molecule has 2 aromatic carbocycles. The number of para-hydroxylation sites is 1. The minimum Gasteiger partial charge on any atom is -0.504 e. The highest BCUT2D eigenvalue weighted by Gasteiger charge is 2.12. The second-order valence-electron chi connectivity index (χ2n) is 6.58. The topological polar surface area (TPSA) is 109 Å². The van der Waals surface area contributed by atoms with Crippen molar-refractivity contribution in [1.29, 1.82) is 0 Å². The summed E-state index contributed by atoms with van der Waals surface area (Å²) in [6, 6.07) is 12.9. The fourth-order valence-corrected chi connectivity index (χ4v) is 2.51. The van der Waals surface area contributed by atoms with Crippen LogP contribution in [0, 0.1) is 0 Å². The number of esters is 1. The van der Waals surface area contributed by atoms with Gasteiger partial charge >= 0.3 is 12.1 Å². The van der Waals surface area contributed by atoms with Crippen LogP contribution >= 0.6 is 0 Å². The predicted octanol–water partition coefficient (Wildman–Crippen LogP) is 3.46. The van der Waals surface area contributed by atoms with Gasteiger partial charge in [0.05, 0.1) is 5.69 Å². The molecule has 3 aromatic rings. The molecule has 1 aromatic heterocycles. The molecule has 0 unspecified atom stereocenters. The highest BCUT2D eigenvalue weighted by Crippen LogP contribution is 2.26. The largest absolute Gasteiger partial charge is 0.504 e. The number of phenolic OH excluding ortho intramolecular Hbond substituents is 2. The zero-order valence-electron chi connectivity index (χ0n) is 16.4. The molecule has 3 rings (SSSR count). The van der Waals surface area contributed by atoms with E-state index in [1.54, 1.807) is 44.4 Å². The smallest absolute Gasteiger partial charge is 0.414 e. The Labute approximate surface area is 172 Å². The minimum absolute atomic E-state index is 0.0735. The minimum atomic E-state index is -0.600. The van der Waals surface area contributed by atoms with Gasteiger partial charge in [-0.2, -0.15) is 0 Å². The number of pyridine rings is 1. The van der Waals surface area contributed by atoms with Crippen LogP contribution in [0.15, 0.2) is 54.6 Å². The number of amides is 1. The molecule has 2 N–H and O–H groups in total. The second-order valence-corrected chi connectivity index (χ2v) is 6.58. The molecule has 1 heterocycles. The molecule has 0 radical (unpaired) electrons. The summed E-state index contributed by atoms with van der Waals surface area (Å²) in [5.74, 6) is -0.812. The lowest BCUT2D eigenvalue weighted by molar-refractivity contribution is -0.139. The van der Waals surface area contributed by atoms with E-state index in [1.807, 2.05) is 6.07 Å². The Balaban J connectivity index is 1.69. The maximum absolute atomic E-state index is 12.0. The van der Waals surface area contributed by atoms with Crippen LogP contribution in [0.25, 0.3) is 17.0 Å². The van der Waals surface area contributed by atoms with Crippen molar-refractivity contribution in [2.24, 2.45) is 0 Å². The number of benzene rings is 2. The van der Waals surface area contributed by atoms with E-state index in [0.29, 0.717) is 22.5 Å². The number of fused-ring (bicyclic) bond motifs is 1. The third-order valence-electron chi connectivity index (χ3n) is 4.08. The summed E-state index contributed by atoms with van der Waals surface area (Å²) < 4.78 is 10.5. The summed E-state index contributed by atoms with van der Waals surface area (Å²) in [6.45, 7) is -0.0735. The van der Waals surface area contributed by atoms with Crippen LogP contribution in [0.4, 0.5) is 4.79 Å². The van der Waals surface area contributed by atoms with Gasteiger partial charge in [-0.15, -0.1) is 0 Å². The average molecular weight is 408 g/mol. The lowest BCUT2D eigenvalue weighted by Gasteiger charge is -2.12. The number of nitrogens with zero attached hydrogens (tertiary/aromatic N) is 2. The van der Waals surface area contributed by atoms with Gasteiger partial charge in [0.25, 0.3) is 0 Å². The SMILES string of the molecule is CN(C)C(=O)Oc1cccc2ccc(COC(=O)/C=C/c3ccc(O)c(O)c3)nc12. The van der Waals surface area contributed by atoms with Crippen LogP contribution in [0.1, 0.15) is 11.3 Å². The first-order valence-corrected chi connectivity index (χ1v) is 8.98. The van der Waals surface area contributed by atoms with Crippen molar-refractivity contribution in [3.63, 3.8) is 0 Å². The molecule has 0 aliphatic heterocycles. The number of hydrogen-bond acceptors (Lipinski definition) is 7. The number of phenols is 2. The summed E-state index contributed by atoms with van der Waals surface area (Å²) in [7, 11) is 3.16.